The third kappa shape index (κ3) is 5.23. The summed E-state index contributed by atoms with van der Waals surface area (Å²) in [5.74, 6) is 0.860. The van der Waals surface area contributed by atoms with Crippen LogP contribution in [0.25, 0.3) is 11.0 Å². The zero-order chi connectivity index (χ0) is 22.4. The summed E-state index contributed by atoms with van der Waals surface area (Å²) >= 11 is 0. The van der Waals surface area contributed by atoms with Crippen LogP contribution in [0.15, 0.2) is 48.5 Å². The number of para-hydroxylation sites is 3. The average molecular weight is 423 g/mol. The zero-order valence-electron chi connectivity index (χ0n) is 18.5. The van der Waals surface area contributed by atoms with Crippen LogP contribution < -0.4 is 15.4 Å². The molecule has 1 aromatic heterocycles. The quantitative estimate of drug-likeness (QED) is 0.518. The molecule has 0 spiro atoms. The Morgan fingerprint density at radius 2 is 1.81 bits per heavy atom. The molecule has 2 amide bonds. The van der Waals surface area contributed by atoms with Crippen molar-refractivity contribution in [1.29, 1.82) is 0 Å². The molecule has 7 heteroatoms. The van der Waals surface area contributed by atoms with Crippen LogP contribution in [-0.2, 0) is 11.3 Å². The van der Waals surface area contributed by atoms with E-state index in [0.717, 1.165) is 29.8 Å². The van der Waals surface area contributed by atoms with E-state index in [0.29, 0.717) is 17.9 Å². The van der Waals surface area contributed by atoms with Crippen LogP contribution in [0.2, 0.25) is 0 Å². The Labute approximate surface area is 182 Å². The lowest BCUT2D eigenvalue weighted by Crippen LogP contribution is -2.50. The largest absolute Gasteiger partial charge is 0.496 e. The van der Waals surface area contributed by atoms with Crippen LogP contribution in [0.4, 0.5) is 0 Å². The van der Waals surface area contributed by atoms with Crippen molar-refractivity contribution >= 4 is 22.8 Å². The summed E-state index contributed by atoms with van der Waals surface area (Å²) in [6.07, 6.45) is 0.762. The number of carbonyl (C=O) groups excluding carboxylic acids is 2. The van der Waals surface area contributed by atoms with E-state index in [9.17, 15) is 9.59 Å². The minimum Gasteiger partial charge on any atom is -0.496 e. The Kier molecular flexibility index (Phi) is 7.28. The van der Waals surface area contributed by atoms with Gasteiger partial charge in [-0.1, -0.05) is 38.1 Å². The van der Waals surface area contributed by atoms with Crippen LogP contribution in [0.5, 0.6) is 5.75 Å². The minimum atomic E-state index is -0.631. The van der Waals surface area contributed by atoms with Gasteiger partial charge < -0.3 is 19.9 Å². The Morgan fingerprint density at radius 1 is 1.10 bits per heavy atom. The van der Waals surface area contributed by atoms with E-state index in [4.69, 9.17) is 4.74 Å². The Balaban J connectivity index is 1.57. The molecular formula is C24H30N4O3. The third-order valence-corrected chi connectivity index (χ3v) is 5.29. The van der Waals surface area contributed by atoms with Crippen LogP contribution in [0, 0.1) is 12.8 Å². The van der Waals surface area contributed by atoms with Gasteiger partial charge in [-0.2, -0.15) is 0 Å². The number of amides is 2. The first kappa shape index (κ1) is 22.3. The van der Waals surface area contributed by atoms with Crippen LogP contribution in [-0.4, -0.2) is 41.1 Å². The van der Waals surface area contributed by atoms with Gasteiger partial charge in [-0.25, -0.2) is 4.98 Å². The highest BCUT2D eigenvalue weighted by Crippen LogP contribution is 2.18. The number of aryl methyl sites for hydroxylation is 2. The molecule has 164 valence electrons. The van der Waals surface area contributed by atoms with Crippen LogP contribution >= 0.6 is 0 Å². The fourth-order valence-corrected chi connectivity index (χ4v) is 3.62. The first-order valence-electron chi connectivity index (χ1n) is 10.6. The Morgan fingerprint density at radius 3 is 2.55 bits per heavy atom. The van der Waals surface area contributed by atoms with E-state index < -0.39 is 6.04 Å². The molecule has 0 aliphatic heterocycles. The van der Waals surface area contributed by atoms with E-state index in [2.05, 4.69) is 26.3 Å². The molecule has 2 aromatic carbocycles. The first-order chi connectivity index (χ1) is 14.9. The van der Waals surface area contributed by atoms with Gasteiger partial charge in [-0.3, -0.25) is 9.59 Å². The van der Waals surface area contributed by atoms with Crippen molar-refractivity contribution in [2.24, 2.45) is 5.92 Å². The van der Waals surface area contributed by atoms with Gasteiger partial charge in [0.25, 0.3) is 5.91 Å². The molecule has 0 saturated carbocycles. The van der Waals surface area contributed by atoms with E-state index in [1.165, 1.54) is 7.11 Å². The summed E-state index contributed by atoms with van der Waals surface area (Å²) in [5, 5.41) is 5.81. The molecule has 3 rings (SSSR count). The second kappa shape index (κ2) is 10.1. The molecule has 1 atom stereocenters. The molecule has 0 fully saturated rings. The van der Waals surface area contributed by atoms with Crippen molar-refractivity contribution in [3.05, 3.63) is 59.9 Å². The van der Waals surface area contributed by atoms with Gasteiger partial charge in [0, 0.05) is 13.1 Å². The van der Waals surface area contributed by atoms with Crippen molar-refractivity contribution in [3.63, 3.8) is 0 Å². The zero-order valence-corrected chi connectivity index (χ0v) is 18.5. The molecule has 31 heavy (non-hydrogen) atoms. The predicted octanol–water partition coefficient (Wildman–Crippen LogP) is 3.31. The molecule has 2 N–H and O–H groups in total. The maximum atomic E-state index is 12.8. The minimum absolute atomic E-state index is 0.0570. The number of nitrogens with zero attached hydrogens (tertiary/aromatic N) is 2. The molecule has 0 bridgehead atoms. The second-order valence-electron chi connectivity index (χ2n) is 7.84. The number of ether oxygens (including phenoxy) is 1. The monoisotopic (exact) mass is 422 g/mol. The number of fused-ring (bicyclic) bond motifs is 1. The lowest BCUT2D eigenvalue weighted by molar-refractivity contribution is -0.123. The van der Waals surface area contributed by atoms with Crippen molar-refractivity contribution in [2.45, 2.75) is 39.8 Å². The average Bonchev–Trinajstić information content (AvgIpc) is 3.09. The number of imidazole rings is 1. The lowest BCUT2D eigenvalue weighted by atomic mass is 10.0. The van der Waals surface area contributed by atoms with Crippen LogP contribution in [0.3, 0.4) is 0 Å². The molecule has 3 aromatic rings. The standard InChI is InChI=1S/C24H30N4O3/c1-16(2)22(27-23(29)18-10-5-8-13-21(18)31-4)24(30)25-14-9-15-28-17(3)26-19-11-6-7-12-20(19)28/h5-8,10-13,16,22H,9,14-15H2,1-4H3,(H,25,30)(H,27,29). The highest BCUT2D eigenvalue weighted by molar-refractivity contribution is 5.99. The van der Waals surface area contributed by atoms with Gasteiger partial charge in [0.05, 0.1) is 23.7 Å². The van der Waals surface area contributed by atoms with Crippen molar-refractivity contribution in [1.82, 2.24) is 20.2 Å². The fourth-order valence-electron chi connectivity index (χ4n) is 3.62. The van der Waals surface area contributed by atoms with Crippen molar-refractivity contribution in [2.75, 3.05) is 13.7 Å². The number of rotatable bonds is 9. The molecule has 1 heterocycles. The molecule has 0 aliphatic carbocycles. The molecule has 0 radical (unpaired) electrons. The number of carbonyl (C=O) groups is 2. The molecule has 7 nitrogen and oxygen atoms in total. The smallest absolute Gasteiger partial charge is 0.255 e. The molecule has 1 unspecified atom stereocenters. The summed E-state index contributed by atoms with van der Waals surface area (Å²) < 4.78 is 7.41. The van der Waals surface area contributed by atoms with E-state index >= 15 is 0 Å². The topological polar surface area (TPSA) is 85.2 Å². The summed E-state index contributed by atoms with van der Waals surface area (Å²) in [7, 11) is 1.52. The van der Waals surface area contributed by atoms with Gasteiger partial charge in [0.1, 0.15) is 17.6 Å². The van der Waals surface area contributed by atoms with Gasteiger partial charge in [0.15, 0.2) is 0 Å². The lowest BCUT2D eigenvalue weighted by Gasteiger charge is -2.22. The van der Waals surface area contributed by atoms with Gasteiger partial charge in [-0.15, -0.1) is 0 Å². The SMILES string of the molecule is COc1ccccc1C(=O)NC(C(=O)NCCCn1c(C)nc2ccccc21)C(C)C. The highest BCUT2D eigenvalue weighted by atomic mass is 16.5. The summed E-state index contributed by atoms with van der Waals surface area (Å²) in [5.41, 5.74) is 2.48. The number of nitrogens with one attached hydrogen (secondary N) is 2. The highest BCUT2D eigenvalue weighted by Gasteiger charge is 2.25. The summed E-state index contributed by atoms with van der Waals surface area (Å²) in [6.45, 7) is 7.08. The normalized spacial score (nSPS) is 12.0. The van der Waals surface area contributed by atoms with Crippen molar-refractivity contribution in [3.8, 4) is 5.75 Å². The van der Waals surface area contributed by atoms with Gasteiger partial charge in [-0.05, 0) is 43.5 Å². The number of methoxy groups -OCH3 is 1. The van der Waals surface area contributed by atoms with Crippen molar-refractivity contribution < 1.29 is 14.3 Å². The fraction of sp³-hybridized carbons (Fsp3) is 0.375. The van der Waals surface area contributed by atoms with E-state index in [-0.39, 0.29) is 17.7 Å². The molecule has 0 saturated heterocycles. The number of aromatic nitrogens is 2. The van der Waals surface area contributed by atoms with Gasteiger partial charge >= 0.3 is 0 Å². The predicted molar refractivity (Wildman–Crippen MR) is 121 cm³/mol. The van der Waals surface area contributed by atoms with Gasteiger partial charge in [0.2, 0.25) is 5.91 Å². The first-order valence-corrected chi connectivity index (χ1v) is 10.6. The maximum Gasteiger partial charge on any atom is 0.255 e. The number of hydrogen-bond donors (Lipinski definition) is 2. The summed E-state index contributed by atoms with van der Waals surface area (Å²) in [6, 6.07) is 14.4. The Hall–Kier alpha value is -3.35. The third-order valence-electron chi connectivity index (χ3n) is 5.29. The maximum absolute atomic E-state index is 12.8. The number of benzene rings is 2. The number of hydrogen-bond acceptors (Lipinski definition) is 4. The van der Waals surface area contributed by atoms with Crippen LogP contribution in [0.1, 0.15) is 36.5 Å². The molecular weight excluding hydrogens is 392 g/mol. The van der Waals surface area contributed by atoms with E-state index in [1.54, 1.807) is 24.3 Å². The second-order valence-corrected chi connectivity index (χ2v) is 7.84. The summed E-state index contributed by atoms with van der Waals surface area (Å²) in [4.78, 5) is 30.1. The molecule has 0 aliphatic rings. The Bertz CT molecular complexity index is 1060. The van der Waals surface area contributed by atoms with E-state index in [1.807, 2.05) is 39.0 Å².